The van der Waals surface area contributed by atoms with Gasteiger partial charge in [-0.05, 0) is 38.0 Å². The van der Waals surface area contributed by atoms with Gasteiger partial charge in [0.2, 0.25) is 5.91 Å². The Morgan fingerprint density at radius 2 is 2.15 bits per heavy atom. The number of likely N-dealkylation sites (tertiary alicyclic amines) is 1. The molecular weight excluding hydrogens is 320 g/mol. The molecule has 1 aromatic carbocycles. The summed E-state index contributed by atoms with van der Waals surface area (Å²) in [6.45, 7) is 5.85. The van der Waals surface area contributed by atoms with Gasteiger partial charge in [0.1, 0.15) is 6.04 Å². The van der Waals surface area contributed by atoms with Crippen LogP contribution >= 0.6 is 15.9 Å². The number of imide groups is 1. The Morgan fingerprint density at radius 3 is 2.80 bits per heavy atom. The molecule has 5 heteroatoms. The van der Waals surface area contributed by atoms with Crippen molar-refractivity contribution in [1.82, 2.24) is 4.90 Å². The van der Waals surface area contributed by atoms with Crippen molar-refractivity contribution >= 4 is 33.4 Å². The number of nitrogens with zero attached hydrogens (tertiary/aromatic N) is 1. The van der Waals surface area contributed by atoms with Crippen LogP contribution in [0.25, 0.3) is 0 Å². The zero-order valence-electron chi connectivity index (χ0n) is 11.9. The van der Waals surface area contributed by atoms with E-state index in [0.717, 1.165) is 22.1 Å². The van der Waals surface area contributed by atoms with Crippen molar-refractivity contribution in [3.05, 3.63) is 28.2 Å². The summed E-state index contributed by atoms with van der Waals surface area (Å²) in [6.07, 6.45) is 1.01. The van der Waals surface area contributed by atoms with Crippen LogP contribution in [0.4, 0.5) is 5.69 Å². The van der Waals surface area contributed by atoms with E-state index in [2.05, 4.69) is 21.2 Å². The van der Waals surface area contributed by atoms with Gasteiger partial charge in [-0.25, -0.2) is 0 Å². The largest absolute Gasteiger partial charge is 0.373 e. The van der Waals surface area contributed by atoms with Crippen molar-refractivity contribution in [2.75, 3.05) is 5.32 Å². The summed E-state index contributed by atoms with van der Waals surface area (Å²) in [6, 6.07) is 5.29. The molecule has 108 valence electrons. The van der Waals surface area contributed by atoms with Gasteiger partial charge in [-0.15, -0.1) is 0 Å². The van der Waals surface area contributed by atoms with Crippen LogP contribution in [0.15, 0.2) is 22.7 Å². The number of halogens is 1. The first-order valence-corrected chi connectivity index (χ1v) is 7.62. The topological polar surface area (TPSA) is 49.4 Å². The Morgan fingerprint density at radius 1 is 1.45 bits per heavy atom. The third kappa shape index (κ3) is 2.73. The van der Waals surface area contributed by atoms with Crippen molar-refractivity contribution in [3.8, 4) is 0 Å². The van der Waals surface area contributed by atoms with Crippen LogP contribution in [0.1, 0.15) is 32.3 Å². The van der Waals surface area contributed by atoms with Crippen LogP contribution in [-0.2, 0) is 9.59 Å². The Bertz CT molecular complexity index is 545. The molecule has 0 bridgehead atoms. The molecular formula is C15H19BrN2O2. The molecule has 0 saturated carbocycles. The molecule has 20 heavy (non-hydrogen) atoms. The van der Waals surface area contributed by atoms with Crippen molar-refractivity contribution < 1.29 is 9.59 Å². The fourth-order valence-electron chi connectivity index (χ4n) is 2.36. The molecule has 2 amide bonds. The molecule has 1 heterocycles. The van der Waals surface area contributed by atoms with E-state index in [-0.39, 0.29) is 24.3 Å². The lowest BCUT2D eigenvalue weighted by Gasteiger charge is -2.22. The van der Waals surface area contributed by atoms with Gasteiger partial charge in [0, 0.05) is 16.2 Å². The number of carbonyl (C=O) groups excluding carboxylic acids is 2. The minimum atomic E-state index is -0.454. The Balaban J connectivity index is 2.17. The summed E-state index contributed by atoms with van der Waals surface area (Å²) in [5, 5.41) is 3.20. The fraction of sp³-hybridized carbons (Fsp3) is 0.467. The molecule has 2 rings (SSSR count). The predicted molar refractivity (Wildman–Crippen MR) is 82.5 cm³/mol. The van der Waals surface area contributed by atoms with Gasteiger partial charge in [-0.1, -0.05) is 28.9 Å². The van der Waals surface area contributed by atoms with E-state index in [1.165, 1.54) is 4.90 Å². The van der Waals surface area contributed by atoms with Crippen LogP contribution in [-0.4, -0.2) is 28.8 Å². The van der Waals surface area contributed by atoms with Crippen molar-refractivity contribution in [1.29, 1.82) is 0 Å². The third-order valence-electron chi connectivity index (χ3n) is 3.81. The van der Waals surface area contributed by atoms with Crippen LogP contribution in [0.5, 0.6) is 0 Å². The maximum absolute atomic E-state index is 12.3. The van der Waals surface area contributed by atoms with Crippen LogP contribution in [0.3, 0.4) is 0 Å². The van der Waals surface area contributed by atoms with Crippen molar-refractivity contribution in [2.45, 2.75) is 45.7 Å². The number of hydrogen-bond donors (Lipinski definition) is 1. The summed E-state index contributed by atoms with van der Waals surface area (Å²) < 4.78 is 0.984. The second kappa shape index (κ2) is 5.95. The molecule has 1 aliphatic rings. The lowest BCUT2D eigenvalue weighted by Crippen LogP contribution is -2.40. The minimum absolute atomic E-state index is 0.0367. The Labute approximate surface area is 127 Å². The summed E-state index contributed by atoms with van der Waals surface area (Å²) in [7, 11) is 0. The summed E-state index contributed by atoms with van der Waals surface area (Å²) in [4.78, 5) is 25.7. The van der Waals surface area contributed by atoms with Gasteiger partial charge in [0.15, 0.2) is 0 Å². The van der Waals surface area contributed by atoms with E-state index in [4.69, 9.17) is 0 Å². The van der Waals surface area contributed by atoms with Crippen molar-refractivity contribution in [3.63, 3.8) is 0 Å². The fourth-order valence-corrected chi connectivity index (χ4v) is 2.73. The van der Waals surface area contributed by atoms with E-state index in [1.807, 2.05) is 39.0 Å². The SMILES string of the molecule is CCC(C)N1C(=O)CC(Nc2cccc(Br)c2C)C1=O. The van der Waals surface area contributed by atoms with Crippen LogP contribution in [0, 0.1) is 6.92 Å². The molecule has 0 spiro atoms. The normalized spacial score (nSPS) is 20.4. The van der Waals surface area contributed by atoms with Gasteiger partial charge in [-0.3, -0.25) is 14.5 Å². The Hall–Kier alpha value is -1.36. The zero-order valence-corrected chi connectivity index (χ0v) is 13.5. The lowest BCUT2D eigenvalue weighted by molar-refractivity contribution is -0.140. The minimum Gasteiger partial charge on any atom is -0.373 e. The highest BCUT2D eigenvalue weighted by molar-refractivity contribution is 9.10. The molecule has 4 nitrogen and oxygen atoms in total. The highest BCUT2D eigenvalue weighted by Gasteiger charge is 2.40. The highest BCUT2D eigenvalue weighted by atomic mass is 79.9. The number of anilines is 1. The van der Waals surface area contributed by atoms with Gasteiger partial charge >= 0.3 is 0 Å². The van der Waals surface area contributed by atoms with Gasteiger partial charge in [0.05, 0.1) is 6.42 Å². The second-order valence-corrected chi connectivity index (χ2v) is 6.03. The number of amides is 2. The molecule has 1 aromatic rings. The number of rotatable bonds is 4. The summed E-state index contributed by atoms with van der Waals surface area (Å²) in [5.41, 5.74) is 1.92. The highest BCUT2D eigenvalue weighted by Crippen LogP contribution is 2.27. The van der Waals surface area contributed by atoms with E-state index in [0.29, 0.717) is 0 Å². The van der Waals surface area contributed by atoms with E-state index in [9.17, 15) is 9.59 Å². The maximum Gasteiger partial charge on any atom is 0.252 e. The predicted octanol–water partition coefficient (Wildman–Crippen LogP) is 3.10. The second-order valence-electron chi connectivity index (χ2n) is 5.17. The molecule has 0 aromatic heterocycles. The smallest absolute Gasteiger partial charge is 0.252 e. The molecule has 2 atom stereocenters. The molecule has 1 aliphatic heterocycles. The number of benzene rings is 1. The van der Waals surface area contributed by atoms with E-state index >= 15 is 0 Å². The first-order valence-electron chi connectivity index (χ1n) is 6.83. The first kappa shape index (κ1) is 15.0. The average molecular weight is 339 g/mol. The molecule has 1 saturated heterocycles. The van der Waals surface area contributed by atoms with E-state index < -0.39 is 6.04 Å². The number of carbonyl (C=O) groups is 2. The van der Waals surface area contributed by atoms with Gasteiger partial charge < -0.3 is 5.32 Å². The average Bonchev–Trinajstić information content (AvgIpc) is 2.69. The lowest BCUT2D eigenvalue weighted by atomic mass is 10.1. The Kier molecular flexibility index (Phi) is 4.48. The molecule has 1 fully saturated rings. The first-order chi connectivity index (χ1) is 9.45. The summed E-state index contributed by atoms with van der Waals surface area (Å²) in [5.74, 6) is -0.210. The number of nitrogens with one attached hydrogen (secondary N) is 1. The quantitative estimate of drug-likeness (QED) is 0.858. The van der Waals surface area contributed by atoms with Crippen LogP contribution in [0.2, 0.25) is 0 Å². The number of hydrogen-bond acceptors (Lipinski definition) is 3. The summed E-state index contributed by atoms with van der Waals surface area (Å²) >= 11 is 3.47. The zero-order chi connectivity index (χ0) is 14.9. The van der Waals surface area contributed by atoms with Crippen LogP contribution < -0.4 is 5.32 Å². The molecule has 0 aliphatic carbocycles. The third-order valence-corrected chi connectivity index (χ3v) is 4.67. The molecule has 1 N–H and O–H groups in total. The van der Waals surface area contributed by atoms with E-state index in [1.54, 1.807) is 0 Å². The molecule has 0 radical (unpaired) electrons. The van der Waals surface area contributed by atoms with Crippen molar-refractivity contribution in [2.24, 2.45) is 0 Å². The molecule has 2 unspecified atom stereocenters. The monoisotopic (exact) mass is 338 g/mol. The standard InChI is InChI=1S/C15H19BrN2O2/c1-4-9(2)18-14(19)8-13(15(18)20)17-12-7-5-6-11(16)10(12)3/h5-7,9,13,17H,4,8H2,1-3H3. The van der Waals surface area contributed by atoms with Gasteiger partial charge in [-0.2, -0.15) is 0 Å². The maximum atomic E-state index is 12.3. The van der Waals surface area contributed by atoms with Gasteiger partial charge in [0.25, 0.3) is 5.91 Å².